The van der Waals surface area contributed by atoms with E-state index in [0.29, 0.717) is 45.3 Å². The molecule has 37 heavy (non-hydrogen) atoms. The summed E-state index contributed by atoms with van der Waals surface area (Å²) in [6.07, 6.45) is 4.03. The van der Waals surface area contributed by atoms with E-state index in [0.717, 1.165) is 16.7 Å². The van der Waals surface area contributed by atoms with Gasteiger partial charge in [0, 0.05) is 11.6 Å². The molecule has 8 heteroatoms. The van der Waals surface area contributed by atoms with E-state index in [2.05, 4.69) is 5.10 Å². The van der Waals surface area contributed by atoms with Crippen LogP contribution in [0.3, 0.4) is 0 Å². The lowest BCUT2D eigenvalue weighted by molar-refractivity contribution is -0.150. The Morgan fingerprint density at radius 2 is 1.92 bits per heavy atom. The summed E-state index contributed by atoms with van der Waals surface area (Å²) < 4.78 is 52.3. The zero-order chi connectivity index (χ0) is 26.2. The number of rotatable bonds is 7. The lowest BCUT2D eigenvalue weighted by Crippen LogP contribution is -2.34. The lowest BCUT2D eigenvalue weighted by Gasteiger charge is -2.27. The standard InChI is InChI=1S/C29H25F3N2O3/c1-18-24(4-3-5-25(18)30)29(27(35)37-17-19-6-10-23(36-2)11-7-19)13-12-21(15-29)20-8-9-22-16-34(28(31)32)33-26(22)14-20/h3-11,14-16,28H,12-13,17H2,1-2H3/t29-/m0/s1. The van der Waals surface area contributed by atoms with Gasteiger partial charge in [-0.15, -0.1) is 0 Å². The van der Waals surface area contributed by atoms with E-state index in [-0.39, 0.29) is 6.61 Å². The summed E-state index contributed by atoms with van der Waals surface area (Å²) in [5.41, 5.74) is 2.58. The summed E-state index contributed by atoms with van der Waals surface area (Å²) >= 11 is 0. The van der Waals surface area contributed by atoms with Crippen molar-refractivity contribution >= 4 is 22.4 Å². The third-order valence-electron chi connectivity index (χ3n) is 6.95. The van der Waals surface area contributed by atoms with Crippen LogP contribution in [0.5, 0.6) is 5.75 Å². The summed E-state index contributed by atoms with van der Waals surface area (Å²) in [6.45, 7) is -1.03. The van der Waals surface area contributed by atoms with Gasteiger partial charge < -0.3 is 9.47 Å². The number of aromatic nitrogens is 2. The Balaban J connectivity index is 1.51. The largest absolute Gasteiger partial charge is 0.497 e. The summed E-state index contributed by atoms with van der Waals surface area (Å²) in [6, 6.07) is 17.2. The Labute approximate surface area is 212 Å². The van der Waals surface area contributed by atoms with Gasteiger partial charge in [-0.05, 0) is 71.9 Å². The molecule has 4 aromatic rings. The molecule has 0 amide bonds. The molecule has 1 aliphatic rings. The normalized spacial score (nSPS) is 17.3. The van der Waals surface area contributed by atoms with Crippen LogP contribution < -0.4 is 4.74 Å². The number of benzene rings is 3. The predicted molar refractivity (Wildman–Crippen MR) is 134 cm³/mol. The molecule has 1 atom stereocenters. The van der Waals surface area contributed by atoms with Crippen LogP contribution in [0, 0.1) is 12.7 Å². The van der Waals surface area contributed by atoms with Gasteiger partial charge in [0.25, 0.3) is 0 Å². The number of hydrogen-bond donors (Lipinski definition) is 0. The molecule has 0 radical (unpaired) electrons. The molecule has 5 nitrogen and oxygen atoms in total. The van der Waals surface area contributed by atoms with Gasteiger partial charge in [-0.25, -0.2) is 9.07 Å². The van der Waals surface area contributed by atoms with E-state index >= 15 is 0 Å². The topological polar surface area (TPSA) is 53.4 Å². The number of carbonyl (C=O) groups is 1. The van der Waals surface area contributed by atoms with Crippen LogP contribution in [-0.4, -0.2) is 22.9 Å². The van der Waals surface area contributed by atoms with Crippen molar-refractivity contribution in [3.63, 3.8) is 0 Å². The number of alkyl halides is 2. The van der Waals surface area contributed by atoms with E-state index in [9.17, 15) is 18.0 Å². The first-order chi connectivity index (χ1) is 17.8. The van der Waals surface area contributed by atoms with Gasteiger partial charge in [-0.1, -0.05) is 42.5 Å². The van der Waals surface area contributed by atoms with Crippen LogP contribution in [0.15, 0.2) is 72.9 Å². The molecule has 3 aromatic carbocycles. The zero-order valence-corrected chi connectivity index (χ0v) is 20.4. The second-order valence-electron chi connectivity index (χ2n) is 9.14. The van der Waals surface area contributed by atoms with Crippen molar-refractivity contribution in [1.82, 2.24) is 9.78 Å². The average Bonchev–Trinajstić information content (AvgIpc) is 3.54. The van der Waals surface area contributed by atoms with E-state index in [4.69, 9.17) is 9.47 Å². The van der Waals surface area contributed by atoms with Gasteiger partial charge in [-0.2, -0.15) is 13.9 Å². The molecule has 0 fully saturated rings. The molecule has 1 aliphatic carbocycles. The van der Waals surface area contributed by atoms with Crippen molar-refractivity contribution in [3.8, 4) is 5.75 Å². The summed E-state index contributed by atoms with van der Waals surface area (Å²) in [5, 5.41) is 4.56. The number of hydrogen-bond acceptors (Lipinski definition) is 4. The monoisotopic (exact) mass is 506 g/mol. The first kappa shape index (κ1) is 24.6. The van der Waals surface area contributed by atoms with Crippen LogP contribution in [0.4, 0.5) is 13.2 Å². The minimum atomic E-state index is -2.73. The highest BCUT2D eigenvalue weighted by Crippen LogP contribution is 2.45. The molecule has 0 spiro atoms. The molecule has 5 rings (SSSR count). The molecular formula is C29H25F3N2O3. The third kappa shape index (κ3) is 4.59. The number of esters is 1. The first-order valence-corrected chi connectivity index (χ1v) is 11.9. The van der Waals surface area contributed by atoms with Crippen LogP contribution in [0.2, 0.25) is 0 Å². The van der Waals surface area contributed by atoms with Gasteiger partial charge >= 0.3 is 12.5 Å². The fraction of sp³-hybridized carbons (Fsp3) is 0.241. The highest BCUT2D eigenvalue weighted by molar-refractivity contribution is 5.92. The van der Waals surface area contributed by atoms with Crippen molar-refractivity contribution in [3.05, 3.63) is 101 Å². The second kappa shape index (κ2) is 9.76. The van der Waals surface area contributed by atoms with E-state index in [1.54, 1.807) is 50.4 Å². The molecule has 1 aromatic heterocycles. The molecule has 1 heterocycles. The number of methoxy groups -OCH3 is 1. The minimum Gasteiger partial charge on any atom is -0.497 e. The maximum absolute atomic E-state index is 14.6. The highest BCUT2D eigenvalue weighted by atomic mass is 19.3. The molecule has 0 saturated carbocycles. The molecule has 0 bridgehead atoms. The second-order valence-corrected chi connectivity index (χ2v) is 9.14. The lowest BCUT2D eigenvalue weighted by atomic mass is 9.77. The van der Waals surface area contributed by atoms with E-state index < -0.39 is 23.8 Å². The summed E-state index contributed by atoms with van der Waals surface area (Å²) in [7, 11) is 1.58. The fourth-order valence-corrected chi connectivity index (χ4v) is 4.91. The molecular weight excluding hydrogens is 481 g/mol. The van der Waals surface area contributed by atoms with E-state index in [1.165, 1.54) is 12.3 Å². The predicted octanol–water partition coefficient (Wildman–Crippen LogP) is 6.75. The van der Waals surface area contributed by atoms with Crippen molar-refractivity contribution in [2.24, 2.45) is 0 Å². The minimum absolute atomic E-state index is 0.0547. The Morgan fingerprint density at radius 3 is 2.65 bits per heavy atom. The molecule has 0 N–H and O–H groups in total. The van der Waals surface area contributed by atoms with E-state index in [1.807, 2.05) is 24.3 Å². The van der Waals surface area contributed by atoms with Gasteiger partial charge in [0.1, 0.15) is 23.6 Å². The Kier molecular flexibility index (Phi) is 6.50. The molecule has 0 unspecified atom stereocenters. The smallest absolute Gasteiger partial charge is 0.333 e. The van der Waals surface area contributed by atoms with Gasteiger partial charge in [0.05, 0.1) is 12.6 Å². The van der Waals surface area contributed by atoms with Crippen molar-refractivity contribution < 1.29 is 27.4 Å². The van der Waals surface area contributed by atoms with Crippen molar-refractivity contribution in [1.29, 1.82) is 0 Å². The number of allylic oxidation sites excluding steroid dienone is 1. The Morgan fingerprint density at radius 1 is 1.14 bits per heavy atom. The van der Waals surface area contributed by atoms with Gasteiger partial charge in [0.2, 0.25) is 0 Å². The zero-order valence-electron chi connectivity index (χ0n) is 20.4. The summed E-state index contributed by atoms with van der Waals surface area (Å²) in [4.78, 5) is 13.7. The first-order valence-electron chi connectivity index (χ1n) is 11.9. The average molecular weight is 507 g/mol. The van der Waals surface area contributed by atoms with Crippen LogP contribution >= 0.6 is 0 Å². The van der Waals surface area contributed by atoms with Crippen molar-refractivity contribution in [2.45, 2.75) is 38.3 Å². The highest BCUT2D eigenvalue weighted by Gasteiger charge is 2.45. The van der Waals surface area contributed by atoms with Gasteiger partial charge in [-0.3, -0.25) is 4.79 Å². The summed E-state index contributed by atoms with van der Waals surface area (Å²) in [5.74, 6) is -0.184. The number of fused-ring (bicyclic) bond motifs is 1. The fourth-order valence-electron chi connectivity index (χ4n) is 4.91. The van der Waals surface area contributed by atoms with Crippen LogP contribution in [0.1, 0.15) is 41.6 Å². The number of halogens is 3. The number of ether oxygens (including phenoxy) is 2. The van der Waals surface area contributed by atoms with Crippen molar-refractivity contribution in [2.75, 3.05) is 7.11 Å². The Bertz CT molecular complexity index is 1490. The maximum atomic E-state index is 14.6. The quantitative estimate of drug-likeness (QED) is 0.260. The third-order valence-corrected chi connectivity index (χ3v) is 6.95. The Hall–Kier alpha value is -4.07. The van der Waals surface area contributed by atoms with Gasteiger partial charge in [0.15, 0.2) is 0 Å². The molecule has 0 aliphatic heterocycles. The number of carbonyl (C=O) groups excluding carboxylic acids is 1. The number of nitrogens with zero attached hydrogens (tertiary/aromatic N) is 2. The maximum Gasteiger partial charge on any atom is 0.333 e. The van der Waals surface area contributed by atoms with Crippen LogP contribution in [0.25, 0.3) is 16.5 Å². The SMILES string of the molecule is COc1ccc(COC(=O)[C@]2(c3cccc(F)c3C)C=C(c3ccc4cn(C(F)F)nc4c3)CC2)cc1. The van der Waals surface area contributed by atoms with Crippen LogP contribution in [-0.2, 0) is 21.6 Å². The molecule has 0 saturated heterocycles. The molecule has 190 valence electrons.